The smallest absolute Gasteiger partial charge is 0.263 e. The average molecular weight is 389 g/mol. The Bertz CT molecular complexity index is 746. The van der Waals surface area contributed by atoms with Gasteiger partial charge in [0.05, 0.1) is 22.6 Å². The quantitative estimate of drug-likeness (QED) is 0.740. The van der Waals surface area contributed by atoms with E-state index < -0.39 is 0 Å². The van der Waals surface area contributed by atoms with Crippen molar-refractivity contribution in [2.75, 3.05) is 39.3 Å². The molecule has 6 heteroatoms. The minimum Gasteiger partial charge on any atom is -0.501 e. The highest BCUT2D eigenvalue weighted by atomic mass is 32.1. The molecule has 146 valence electrons. The van der Waals surface area contributed by atoms with Gasteiger partial charge in [-0.05, 0) is 68.7 Å². The molecule has 0 unspecified atom stereocenters. The highest BCUT2D eigenvalue weighted by molar-refractivity contribution is 7.15. The Kier molecular flexibility index (Phi) is 5.37. The van der Waals surface area contributed by atoms with Gasteiger partial charge in [0.1, 0.15) is 0 Å². The third-order valence-corrected chi connectivity index (χ3v) is 7.40. The van der Waals surface area contributed by atoms with Crippen LogP contribution in [-0.4, -0.2) is 60.8 Å². The molecule has 1 aromatic heterocycles. The van der Waals surface area contributed by atoms with Gasteiger partial charge in [-0.15, -0.1) is 11.3 Å². The lowest BCUT2D eigenvalue weighted by Crippen LogP contribution is -2.44. The molecule has 1 spiro atoms. The Morgan fingerprint density at radius 3 is 2.56 bits per heavy atom. The summed E-state index contributed by atoms with van der Waals surface area (Å²) in [5.41, 5.74) is 1.79. The molecule has 3 aliphatic rings. The molecule has 5 nitrogen and oxygen atoms in total. The summed E-state index contributed by atoms with van der Waals surface area (Å²) in [6.07, 6.45) is 7.65. The van der Waals surface area contributed by atoms with Crippen molar-refractivity contribution in [2.45, 2.75) is 39.0 Å². The molecule has 0 bridgehead atoms. The van der Waals surface area contributed by atoms with E-state index >= 15 is 0 Å². The van der Waals surface area contributed by atoms with E-state index in [4.69, 9.17) is 4.74 Å². The van der Waals surface area contributed by atoms with Crippen molar-refractivity contribution < 1.29 is 14.3 Å². The summed E-state index contributed by atoms with van der Waals surface area (Å²) < 4.78 is 5.48. The molecule has 1 aromatic rings. The SMILES string of the molecule is CC(=O)c1ccc(C(=O)N2CCC3(CCN(CC4=COCCC4)C3)CC2)s1. The van der Waals surface area contributed by atoms with E-state index in [-0.39, 0.29) is 11.7 Å². The number of amides is 1. The van der Waals surface area contributed by atoms with Gasteiger partial charge in [0.25, 0.3) is 5.91 Å². The van der Waals surface area contributed by atoms with Gasteiger partial charge in [0, 0.05) is 26.2 Å². The minimum atomic E-state index is 0.0289. The van der Waals surface area contributed by atoms with Crippen molar-refractivity contribution in [3.63, 3.8) is 0 Å². The number of piperidine rings is 1. The van der Waals surface area contributed by atoms with Crippen LogP contribution in [0.2, 0.25) is 0 Å². The van der Waals surface area contributed by atoms with Crippen LogP contribution in [0, 0.1) is 5.41 Å². The van der Waals surface area contributed by atoms with Gasteiger partial charge in [-0.25, -0.2) is 0 Å². The fourth-order valence-electron chi connectivity index (χ4n) is 4.57. The number of nitrogens with zero attached hydrogens (tertiary/aromatic N) is 2. The largest absolute Gasteiger partial charge is 0.501 e. The standard InChI is InChI=1S/C21H28N2O3S/c1-16(24)18-4-5-19(27-18)20(25)23-10-7-21(8-11-23)6-9-22(15-21)13-17-3-2-12-26-14-17/h4-5,14H,2-3,6-13,15H2,1H3. The molecule has 2 fully saturated rings. The molecule has 1 amide bonds. The Balaban J connectivity index is 1.31. The topological polar surface area (TPSA) is 49.9 Å². The summed E-state index contributed by atoms with van der Waals surface area (Å²) in [6, 6.07) is 3.57. The first kappa shape index (κ1) is 18.7. The first-order valence-corrected chi connectivity index (χ1v) is 10.8. The minimum absolute atomic E-state index is 0.0289. The number of Topliss-reactive ketones (excluding diaryl/α,β-unsaturated/α-hetero) is 1. The fraction of sp³-hybridized carbons (Fsp3) is 0.619. The van der Waals surface area contributed by atoms with Crippen molar-refractivity contribution in [3.05, 3.63) is 33.7 Å². The maximum atomic E-state index is 12.8. The normalized spacial score (nSPS) is 22.6. The predicted molar refractivity (Wildman–Crippen MR) is 106 cm³/mol. The number of rotatable bonds is 4. The molecule has 0 radical (unpaired) electrons. The third-order valence-electron chi connectivity index (χ3n) is 6.23. The maximum absolute atomic E-state index is 12.8. The molecule has 0 aromatic carbocycles. The second kappa shape index (κ2) is 7.76. The lowest BCUT2D eigenvalue weighted by Gasteiger charge is -2.39. The van der Waals surface area contributed by atoms with Crippen LogP contribution in [0.4, 0.5) is 0 Å². The van der Waals surface area contributed by atoms with Gasteiger partial charge in [-0.3, -0.25) is 14.5 Å². The molecule has 2 saturated heterocycles. The monoisotopic (exact) mass is 388 g/mol. The molecule has 4 rings (SSSR count). The van der Waals surface area contributed by atoms with Crippen molar-refractivity contribution >= 4 is 23.0 Å². The summed E-state index contributed by atoms with van der Waals surface area (Å²) >= 11 is 1.32. The third kappa shape index (κ3) is 4.11. The van der Waals surface area contributed by atoms with E-state index in [0.717, 1.165) is 65.0 Å². The van der Waals surface area contributed by atoms with Crippen LogP contribution in [0.3, 0.4) is 0 Å². The second-order valence-corrected chi connectivity index (χ2v) is 9.31. The molecular weight excluding hydrogens is 360 g/mol. The summed E-state index contributed by atoms with van der Waals surface area (Å²) in [5.74, 6) is 0.114. The van der Waals surface area contributed by atoms with Crippen LogP contribution in [0.5, 0.6) is 0 Å². The van der Waals surface area contributed by atoms with Crippen molar-refractivity contribution in [2.24, 2.45) is 5.41 Å². The molecular formula is C21H28N2O3S. The lowest BCUT2D eigenvalue weighted by molar-refractivity contribution is 0.0595. The molecule has 0 aliphatic carbocycles. The number of carbonyl (C=O) groups is 2. The van der Waals surface area contributed by atoms with Crippen molar-refractivity contribution in [1.82, 2.24) is 9.80 Å². The van der Waals surface area contributed by atoms with E-state index in [2.05, 4.69) is 4.90 Å². The van der Waals surface area contributed by atoms with Gasteiger partial charge >= 0.3 is 0 Å². The number of hydrogen-bond donors (Lipinski definition) is 0. The molecule has 4 heterocycles. The Hall–Kier alpha value is -1.66. The van der Waals surface area contributed by atoms with Gasteiger partial charge in [0.2, 0.25) is 0 Å². The van der Waals surface area contributed by atoms with Crippen LogP contribution in [0.25, 0.3) is 0 Å². The maximum Gasteiger partial charge on any atom is 0.263 e. The van der Waals surface area contributed by atoms with Gasteiger partial charge in [-0.2, -0.15) is 0 Å². The second-order valence-electron chi connectivity index (χ2n) is 8.22. The zero-order valence-electron chi connectivity index (χ0n) is 16.0. The zero-order valence-corrected chi connectivity index (χ0v) is 16.9. The van der Waals surface area contributed by atoms with Gasteiger partial charge < -0.3 is 9.64 Å². The highest BCUT2D eigenvalue weighted by Gasteiger charge is 2.41. The van der Waals surface area contributed by atoms with Gasteiger partial charge in [0.15, 0.2) is 5.78 Å². The molecule has 0 atom stereocenters. The number of ether oxygens (including phenoxy) is 1. The van der Waals surface area contributed by atoms with Crippen LogP contribution >= 0.6 is 11.3 Å². The Labute approximate surface area is 165 Å². The summed E-state index contributed by atoms with van der Waals surface area (Å²) in [7, 11) is 0. The van der Waals surface area contributed by atoms with Crippen LogP contribution in [0.1, 0.15) is 58.4 Å². The number of carbonyl (C=O) groups excluding carboxylic acids is 2. The Morgan fingerprint density at radius 1 is 1.15 bits per heavy atom. The van der Waals surface area contributed by atoms with Gasteiger partial charge in [-0.1, -0.05) is 0 Å². The van der Waals surface area contributed by atoms with Crippen LogP contribution in [-0.2, 0) is 4.74 Å². The van der Waals surface area contributed by atoms with Crippen molar-refractivity contribution in [1.29, 1.82) is 0 Å². The predicted octanol–water partition coefficient (Wildman–Crippen LogP) is 3.57. The first-order valence-electron chi connectivity index (χ1n) is 9.97. The fourth-order valence-corrected chi connectivity index (χ4v) is 5.44. The zero-order chi connectivity index (χ0) is 18.9. The van der Waals surface area contributed by atoms with Crippen LogP contribution < -0.4 is 0 Å². The summed E-state index contributed by atoms with van der Waals surface area (Å²) in [4.78, 5) is 30.1. The van der Waals surface area contributed by atoms with Crippen LogP contribution in [0.15, 0.2) is 24.0 Å². The number of hydrogen-bond acceptors (Lipinski definition) is 5. The first-order chi connectivity index (χ1) is 13.0. The molecule has 0 N–H and O–H groups in total. The average Bonchev–Trinajstić information content (AvgIpc) is 3.31. The summed E-state index contributed by atoms with van der Waals surface area (Å²) in [5, 5.41) is 0. The van der Waals surface area contributed by atoms with E-state index in [1.54, 1.807) is 19.1 Å². The molecule has 27 heavy (non-hydrogen) atoms. The number of thiophene rings is 1. The van der Waals surface area contributed by atoms with E-state index in [1.807, 2.05) is 11.2 Å². The Morgan fingerprint density at radius 2 is 1.89 bits per heavy atom. The summed E-state index contributed by atoms with van der Waals surface area (Å²) in [6.45, 7) is 7.38. The highest BCUT2D eigenvalue weighted by Crippen LogP contribution is 2.41. The molecule has 0 saturated carbocycles. The van der Waals surface area contributed by atoms with E-state index in [9.17, 15) is 9.59 Å². The number of likely N-dealkylation sites (tertiary alicyclic amines) is 2. The number of ketones is 1. The van der Waals surface area contributed by atoms with E-state index in [1.165, 1.54) is 23.3 Å². The lowest BCUT2D eigenvalue weighted by atomic mass is 9.77. The molecule has 3 aliphatic heterocycles. The van der Waals surface area contributed by atoms with E-state index in [0.29, 0.717) is 15.2 Å². The van der Waals surface area contributed by atoms with Crippen molar-refractivity contribution in [3.8, 4) is 0 Å².